The molecule has 1 amide bonds. The highest BCUT2D eigenvalue weighted by molar-refractivity contribution is 5.96. The van der Waals surface area contributed by atoms with Crippen LogP contribution in [0.2, 0.25) is 0 Å². The highest BCUT2D eigenvalue weighted by atomic mass is 16.4. The molecule has 0 bridgehead atoms. The Morgan fingerprint density at radius 2 is 1.93 bits per heavy atom. The molecular weight excluding hydrogens is 366 g/mol. The maximum atomic E-state index is 12.1. The molecular formula is C18H19N5O5. The number of rotatable bonds is 7. The molecule has 1 atom stereocenters. The van der Waals surface area contributed by atoms with Gasteiger partial charge in [0.1, 0.15) is 5.65 Å². The molecule has 0 saturated carbocycles. The molecule has 0 aliphatic rings. The van der Waals surface area contributed by atoms with Gasteiger partial charge in [-0.2, -0.15) is 4.98 Å². The molecule has 0 spiro atoms. The molecule has 0 aliphatic heterocycles. The summed E-state index contributed by atoms with van der Waals surface area (Å²) in [6, 6.07) is 5.30. The van der Waals surface area contributed by atoms with Gasteiger partial charge >= 0.3 is 5.97 Å². The first kappa shape index (κ1) is 19.1. The van der Waals surface area contributed by atoms with E-state index in [-0.39, 0.29) is 17.1 Å². The normalized spacial score (nSPS) is 12.0. The molecule has 0 saturated heterocycles. The fraction of sp³-hybridized carbons (Fsp3) is 0.222. The van der Waals surface area contributed by atoms with E-state index in [0.29, 0.717) is 23.9 Å². The van der Waals surface area contributed by atoms with Gasteiger partial charge in [-0.1, -0.05) is 12.1 Å². The number of anilines is 1. The van der Waals surface area contributed by atoms with Crippen molar-refractivity contribution in [1.29, 1.82) is 0 Å². The van der Waals surface area contributed by atoms with Crippen molar-refractivity contribution in [1.82, 2.24) is 20.3 Å². The van der Waals surface area contributed by atoms with Gasteiger partial charge in [0.15, 0.2) is 6.04 Å². The molecule has 1 aromatic carbocycles. The Balaban J connectivity index is 1.68. The van der Waals surface area contributed by atoms with Crippen LogP contribution in [0.4, 0.5) is 5.95 Å². The molecule has 0 radical (unpaired) electrons. The number of amides is 1. The van der Waals surface area contributed by atoms with Gasteiger partial charge in [0.25, 0.3) is 11.5 Å². The van der Waals surface area contributed by atoms with Crippen LogP contribution in [0.15, 0.2) is 35.3 Å². The second-order valence-corrected chi connectivity index (χ2v) is 6.23. The van der Waals surface area contributed by atoms with Gasteiger partial charge in [0.05, 0.1) is 12.0 Å². The number of benzene rings is 1. The molecule has 3 aromatic rings. The maximum absolute atomic E-state index is 12.1. The topological polar surface area (TPSA) is 174 Å². The molecule has 7 N–H and O–H groups in total. The lowest BCUT2D eigenvalue weighted by atomic mass is 10.0. The van der Waals surface area contributed by atoms with Gasteiger partial charge in [0.2, 0.25) is 5.95 Å². The van der Waals surface area contributed by atoms with Crippen molar-refractivity contribution < 1.29 is 19.8 Å². The van der Waals surface area contributed by atoms with Crippen LogP contribution >= 0.6 is 0 Å². The zero-order chi connectivity index (χ0) is 20.3. The summed E-state index contributed by atoms with van der Waals surface area (Å²) in [5.74, 6) is -1.84. The van der Waals surface area contributed by atoms with Gasteiger partial charge in [-0.3, -0.25) is 14.6 Å². The summed E-state index contributed by atoms with van der Waals surface area (Å²) in [4.78, 5) is 44.4. The Morgan fingerprint density at radius 1 is 1.21 bits per heavy atom. The van der Waals surface area contributed by atoms with E-state index >= 15 is 0 Å². The predicted molar refractivity (Wildman–Crippen MR) is 101 cm³/mol. The van der Waals surface area contributed by atoms with Gasteiger partial charge in [-0.25, -0.2) is 4.79 Å². The molecule has 28 heavy (non-hydrogen) atoms. The van der Waals surface area contributed by atoms with Crippen LogP contribution in [0.25, 0.3) is 11.0 Å². The SMILES string of the molecule is Nc1nc2[nH]cc(CCc3ccc(C(=O)N[C@@H](CO)C(=O)O)cc3)c2c(=O)[nH]1. The summed E-state index contributed by atoms with van der Waals surface area (Å²) < 4.78 is 0. The molecule has 10 nitrogen and oxygen atoms in total. The lowest BCUT2D eigenvalue weighted by Gasteiger charge is -2.11. The quantitative estimate of drug-likeness (QED) is 0.326. The van der Waals surface area contributed by atoms with E-state index in [9.17, 15) is 14.4 Å². The van der Waals surface area contributed by atoms with Gasteiger partial charge in [0, 0.05) is 11.8 Å². The number of carboxylic acids is 1. The fourth-order valence-electron chi connectivity index (χ4n) is 2.85. The van der Waals surface area contributed by atoms with E-state index in [0.717, 1.165) is 11.1 Å². The maximum Gasteiger partial charge on any atom is 0.328 e. The highest BCUT2D eigenvalue weighted by Crippen LogP contribution is 2.16. The minimum absolute atomic E-state index is 0.0473. The second-order valence-electron chi connectivity index (χ2n) is 6.23. The number of hydrogen-bond donors (Lipinski definition) is 6. The number of aliphatic carboxylic acids is 1. The lowest BCUT2D eigenvalue weighted by Crippen LogP contribution is -2.43. The first-order valence-electron chi connectivity index (χ1n) is 8.48. The summed E-state index contributed by atoms with van der Waals surface area (Å²) in [6.45, 7) is -0.691. The van der Waals surface area contributed by atoms with Crippen LogP contribution < -0.4 is 16.6 Å². The number of fused-ring (bicyclic) bond motifs is 1. The fourth-order valence-corrected chi connectivity index (χ4v) is 2.85. The number of aromatic nitrogens is 3. The van der Waals surface area contributed by atoms with Crippen molar-refractivity contribution >= 4 is 28.9 Å². The average Bonchev–Trinajstić information content (AvgIpc) is 3.07. The Hall–Kier alpha value is -3.66. The molecule has 146 valence electrons. The van der Waals surface area contributed by atoms with Crippen molar-refractivity contribution in [2.45, 2.75) is 18.9 Å². The van der Waals surface area contributed by atoms with E-state index < -0.39 is 24.5 Å². The van der Waals surface area contributed by atoms with Gasteiger partial charge in [-0.15, -0.1) is 0 Å². The first-order chi connectivity index (χ1) is 13.4. The van der Waals surface area contributed by atoms with Crippen LogP contribution in [-0.2, 0) is 17.6 Å². The van der Waals surface area contributed by atoms with Crippen molar-refractivity contribution in [2.75, 3.05) is 12.3 Å². The Bertz CT molecular complexity index is 1070. The summed E-state index contributed by atoms with van der Waals surface area (Å²) in [7, 11) is 0. The number of H-pyrrole nitrogens is 2. The van der Waals surface area contributed by atoms with Crippen LogP contribution in [0.3, 0.4) is 0 Å². The lowest BCUT2D eigenvalue weighted by molar-refractivity contribution is -0.140. The van der Waals surface area contributed by atoms with Crippen molar-refractivity contribution in [2.24, 2.45) is 0 Å². The number of nitrogens with one attached hydrogen (secondary N) is 3. The zero-order valence-corrected chi connectivity index (χ0v) is 14.7. The largest absolute Gasteiger partial charge is 0.480 e. The average molecular weight is 385 g/mol. The third-order valence-corrected chi connectivity index (χ3v) is 4.33. The Labute approximate surface area is 158 Å². The minimum atomic E-state index is -1.35. The standard InChI is InChI=1S/C18H19N5O5/c19-18-22-14-13(16(26)23-18)11(7-20-14)6-3-9-1-4-10(5-2-9)15(25)21-12(8-24)17(27)28/h1-2,4-5,7,12,24H,3,6,8H2,(H,21,25)(H,27,28)(H4,19,20,22,23,26)/t12-/m0/s1. The Morgan fingerprint density at radius 3 is 2.57 bits per heavy atom. The number of carboxylic acid groups (broad SMARTS) is 1. The number of aromatic amines is 2. The van der Waals surface area contributed by atoms with Crippen molar-refractivity contribution in [3.05, 3.63) is 57.5 Å². The molecule has 2 heterocycles. The van der Waals surface area contributed by atoms with Crippen LogP contribution in [0.5, 0.6) is 0 Å². The van der Waals surface area contributed by atoms with Gasteiger partial charge in [-0.05, 0) is 36.1 Å². The molecule has 0 aliphatic carbocycles. The number of nitrogen functional groups attached to an aromatic ring is 1. The van der Waals surface area contributed by atoms with Crippen LogP contribution in [0, 0.1) is 0 Å². The van der Waals surface area contributed by atoms with E-state index in [2.05, 4.69) is 20.3 Å². The second kappa shape index (κ2) is 7.92. The third-order valence-electron chi connectivity index (χ3n) is 4.33. The number of carbonyl (C=O) groups is 2. The zero-order valence-electron chi connectivity index (χ0n) is 14.7. The predicted octanol–water partition coefficient (Wildman–Crippen LogP) is -0.206. The van der Waals surface area contributed by atoms with Gasteiger partial charge < -0.3 is 26.2 Å². The number of nitrogens with zero attached hydrogens (tertiary/aromatic N) is 1. The summed E-state index contributed by atoms with van der Waals surface area (Å²) >= 11 is 0. The molecule has 2 aromatic heterocycles. The van der Waals surface area contributed by atoms with E-state index in [1.807, 2.05) is 0 Å². The van der Waals surface area contributed by atoms with Crippen molar-refractivity contribution in [3.8, 4) is 0 Å². The molecule has 10 heteroatoms. The van der Waals surface area contributed by atoms with Crippen LogP contribution in [-0.4, -0.2) is 49.7 Å². The first-order valence-corrected chi connectivity index (χ1v) is 8.48. The van der Waals surface area contributed by atoms with E-state index in [1.54, 1.807) is 30.5 Å². The molecule has 3 rings (SSSR count). The smallest absolute Gasteiger partial charge is 0.328 e. The highest BCUT2D eigenvalue weighted by Gasteiger charge is 2.19. The monoisotopic (exact) mass is 385 g/mol. The number of hydrogen-bond acceptors (Lipinski definition) is 6. The summed E-state index contributed by atoms with van der Waals surface area (Å²) in [5, 5.41) is 20.5. The number of aliphatic hydroxyl groups is 1. The van der Waals surface area contributed by atoms with Crippen molar-refractivity contribution in [3.63, 3.8) is 0 Å². The number of nitrogens with two attached hydrogens (primary N) is 1. The number of aryl methyl sites for hydroxylation is 2. The number of carbonyl (C=O) groups excluding carboxylic acids is 1. The summed E-state index contributed by atoms with van der Waals surface area (Å²) in [6.07, 6.45) is 2.91. The molecule has 0 unspecified atom stereocenters. The third kappa shape index (κ3) is 4.01. The van der Waals surface area contributed by atoms with E-state index in [1.165, 1.54) is 0 Å². The van der Waals surface area contributed by atoms with Crippen LogP contribution in [0.1, 0.15) is 21.5 Å². The Kier molecular flexibility index (Phi) is 5.41. The minimum Gasteiger partial charge on any atom is -0.480 e. The van der Waals surface area contributed by atoms with E-state index in [4.69, 9.17) is 15.9 Å². The summed E-state index contributed by atoms with van der Waals surface area (Å²) in [5.41, 5.74) is 7.68. The molecule has 0 fully saturated rings. The number of aliphatic hydroxyl groups excluding tert-OH is 1.